The fourth-order valence-corrected chi connectivity index (χ4v) is 3.63. The Hall–Kier alpha value is -3.02. The zero-order valence-electron chi connectivity index (χ0n) is 15.1. The smallest absolute Gasteiger partial charge is 0.167 e. The van der Waals surface area contributed by atoms with Crippen LogP contribution in [-0.4, -0.2) is 15.8 Å². The first-order valence-corrected chi connectivity index (χ1v) is 8.74. The molecule has 2 heterocycles. The van der Waals surface area contributed by atoms with E-state index in [4.69, 9.17) is 0 Å². The van der Waals surface area contributed by atoms with Crippen LogP contribution in [0.15, 0.2) is 42.7 Å². The highest BCUT2D eigenvalue weighted by Gasteiger charge is 2.35. The number of anilines is 2. The summed E-state index contributed by atoms with van der Waals surface area (Å²) >= 11 is 0. The molecule has 1 aromatic carbocycles. The first kappa shape index (κ1) is 17.4. The number of carbonyl (C=O) groups excluding carboxylic acids is 1. The van der Waals surface area contributed by atoms with E-state index in [1.54, 1.807) is 12.4 Å². The second kappa shape index (κ2) is 6.30. The van der Waals surface area contributed by atoms with Crippen LogP contribution < -0.4 is 5.32 Å². The number of fused-ring (bicyclic) bond motifs is 1. The van der Waals surface area contributed by atoms with Gasteiger partial charge in [0.25, 0.3) is 0 Å². The molecule has 2 aromatic heterocycles. The van der Waals surface area contributed by atoms with E-state index in [-0.39, 0.29) is 11.2 Å². The minimum Gasteiger partial charge on any atom is -0.356 e. The van der Waals surface area contributed by atoms with Crippen LogP contribution in [-0.2, 0) is 6.42 Å². The predicted molar refractivity (Wildman–Crippen MR) is 100 cm³/mol. The molecule has 6 heteroatoms. The van der Waals surface area contributed by atoms with Gasteiger partial charge in [0.2, 0.25) is 0 Å². The number of ketones is 1. The average molecular weight is 367 g/mol. The number of aromatic amines is 1. The molecule has 0 aliphatic heterocycles. The molecule has 4 nitrogen and oxygen atoms in total. The number of pyridine rings is 1. The van der Waals surface area contributed by atoms with Crippen molar-refractivity contribution in [2.24, 2.45) is 5.41 Å². The number of benzene rings is 1. The third-order valence-corrected chi connectivity index (χ3v) is 4.81. The lowest BCUT2D eigenvalue weighted by Gasteiger charge is -2.28. The van der Waals surface area contributed by atoms with Gasteiger partial charge in [-0.25, -0.2) is 8.78 Å². The number of carbonyl (C=O) groups is 1. The van der Waals surface area contributed by atoms with Crippen molar-refractivity contribution in [3.05, 3.63) is 65.6 Å². The van der Waals surface area contributed by atoms with Crippen molar-refractivity contribution >= 4 is 17.2 Å². The van der Waals surface area contributed by atoms with Crippen LogP contribution in [0.25, 0.3) is 11.3 Å². The van der Waals surface area contributed by atoms with Gasteiger partial charge >= 0.3 is 0 Å². The van der Waals surface area contributed by atoms with Crippen molar-refractivity contribution in [3.8, 4) is 11.3 Å². The molecular formula is C21H19F2N3O. The Kier molecular flexibility index (Phi) is 4.06. The number of nitrogens with zero attached hydrogens (tertiary/aromatic N) is 1. The summed E-state index contributed by atoms with van der Waals surface area (Å²) in [4.78, 5) is 20.3. The summed E-state index contributed by atoms with van der Waals surface area (Å²) in [6.07, 6.45) is 4.50. The van der Waals surface area contributed by atoms with Crippen LogP contribution in [0.2, 0.25) is 0 Å². The number of hydrogen-bond donors (Lipinski definition) is 2. The van der Waals surface area contributed by atoms with Gasteiger partial charge in [0, 0.05) is 41.8 Å². The molecule has 0 spiro atoms. The first-order valence-electron chi connectivity index (χ1n) is 8.74. The van der Waals surface area contributed by atoms with Gasteiger partial charge in [0.05, 0.1) is 16.9 Å². The van der Waals surface area contributed by atoms with Crippen molar-refractivity contribution in [1.29, 1.82) is 0 Å². The standard InChI is InChI=1S/C21H19F2N3O/c1-21(2)10-16-18(17(27)11-21)20(19(26-16)12-5-7-24-8-6-12)25-13-3-4-14(22)15(23)9-13/h3-9,25-26H,10-11H2,1-2H3. The fourth-order valence-electron chi connectivity index (χ4n) is 3.63. The Labute approximate surface area is 155 Å². The van der Waals surface area contributed by atoms with E-state index in [2.05, 4.69) is 29.1 Å². The van der Waals surface area contributed by atoms with Crippen LogP contribution in [0, 0.1) is 17.0 Å². The van der Waals surface area contributed by atoms with Gasteiger partial charge in [0.15, 0.2) is 17.4 Å². The Morgan fingerprint density at radius 3 is 2.52 bits per heavy atom. The first-order chi connectivity index (χ1) is 12.8. The number of aromatic nitrogens is 2. The molecule has 2 N–H and O–H groups in total. The van der Waals surface area contributed by atoms with Gasteiger partial charge in [-0.15, -0.1) is 0 Å². The SMILES string of the molecule is CC1(C)CC(=O)c2c([nH]c(-c3ccncc3)c2Nc2ccc(F)c(F)c2)C1. The number of Topliss-reactive ketones (excluding diaryl/α,β-unsaturated/α-hetero) is 1. The maximum absolute atomic E-state index is 13.7. The predicted octanol–water partition coefficient (Wildman–Crippen LogP) is 5.25. The van der Waals surface area contributed by atoms with Gasteiger partial charge in [-0.3, -0.25) is 9.78 Å². The van der Waals surface area contributed by atoms with Gasteiger partial charge in [-0.2, -0.15) is 0 Å². The van der Waals surface area contributed by atoms with Crippen molar-refractivity contribution in [2.75, 3.05) is 5.32 Å². The van der Waals surface area contributed by atoms with E-state index in [9.17, 15) is 13.6 Å². The van der Waals surface area contributed by atoms with E-state index >= 15 is 0 Å². The average Bonchev–Trinajstić information content (AvgIpc) is 2.96. The quantitative estimate of drug-likeness (QED) is 0.664. The summed E-state index contributed by atoms with van der Waals surface area (Å²) in [6.45, 7) is 4.12. The Balaban J connectivity index is 1.87. The number of halogens is 2. The van der Waals surface area contributed by atoms with Crippen LogP contribution in [0.5, 0.6) is 0 Å². The topological polar surface area (TPSA) is 57.8 Å². The largest absolute Gasteiger partial charge is 0.356 e. The summed E-state index contributed by atoms with van der Waals surface area (Å²) in [6, 6.07) is 7.27. The highest BCUT2D eigenvalue weighted by Crippen LogP contribution is 2.43. The molecule has 27 heavy (non-hydrogen) atoms. The lowest BCUT2D eigenvalue weighted by atomic mass is 9.76. The van der Waals surface area contributed by atoms with E-state index in [1.165, 1.54) is 6.07 Å². The third-order valence-electron chi connectivity index (χ3n) is 4.81. The highest BCUT2D eigenvalue weighted by molar-refractivity contribution is 6.07. The minimum absolute atomic E-state index is 0.0305. The van der Waals surface area contributed by atoms with Crippen LogP contribution >= 0.6 is 0 Å². The Morgan fingerprint density at radius 2 is 1.81 bits per heavy atom. The summed E-state index contributed by atoms with van der Waals surface area (Å²) in [5.74, 6) is -1.82. The summed E-state index contributed by atoms with van der Waals surface area (Å²) in [5.41, 5.74) is 3.86. The molecule has 0 atom stereocenters. The monoisotopic (exact) mass is 367 g/mol. The number of nitrogens with one attached hydrogen (secondary N) is 2. The van der Waals surface area contributed by atoms with E-state index in [1.807, 2.05) is 12.1 Å². The van der Waals surface area contributed by atoms with E-state index in [0.29, 0.717) is 23.4 Å². The molecule has 4 rings (SSSR count). The van der Waals surface area contributed by atoms with Crippen molar-refractivity contribution in [3.63, 3.8) is 0 Å². The maximum Gasteiger partial charge on any atom is 0.167 e. The zero-order chi connectivity index (χ0) is 19.2. The van der Waals surface area contributed by atoms with Gasteiger partial charge < -0.3 is 10.3 Å². The fraction of sp³-hybridized carbons (Fsp3) is 0.238. The van der Waals surface area contributed by atoms with Crippen LogP contribution in [0.1, 0.15) is 36.3 Å². The van der Waals surface area contributed by atoms with Crippen LogP contribution in [0.3, 0.4) is 0 Å². The maximum atomic E-state index is 13.7. The van der Waals surface area contributed by atoms with Gasteiger partial charge in [-0.05, 0) is 36.1 Å². The molecule has 0 saturated heterocycles. The number of hydrogen-bond acceptors (Lipinski definition) is 3. The minimum atomic E-state index is -0.942. The van der Waals surface area contributed by atoms with Crippen molar-refractivity contribution < 1.29 is 13.6 Å². The second-order valence-electron chi connectivity index (χ2n) is 7.66. The number of H-pyrrole nitrogens is 1. The molecule has 0 amide bonds. The molecule has 1 aliphatic carbocycles. The molecule has 1 aliphatic rings. The van der Waals surface area contributed by atoms with Crippen LogP contribution in [0.4, 0.5) is 20.2 Å². The molecule has 0 bridgehead atoms. The summed E-state index contributed by atoms with van der Waals surface area (Å²) in [5, 5.41) is 3.13. The summed E-state index contributed by atoms with van der Waals surface area (Å²) in [7, 11) is 0. The van der Waals surface area contributed by atoms with E-state index in [0.717, 1.165) is 35.5 Å². The van der Waals surface area contributed by atoms with Crippen molar-refractivity contribution in [1.82, 2.24) is 9.97 Å². The Bertz CT molecular complexity index is 1030. The Morgan fingerprint density at radius 1 is 1.07 bits per heavy atom. The lowest BCUT2D eigenvalue weighted by molar-refractivity contribution is 0.0912. The highest BCUT2D eigenvalue weighted by atomic mass is 19.2. The summed E-state index contributed by atoms with van der Waals surface area (Å²) < 4.78 is 26.9. The van der Waals surface area contributed by atoms with Crippen molar-refractivity contribution in [2.45, 2.75) is 26.7 Å². The molecule has 0 radical (unpaired) electrons. The lowest BCUT2D eigenvalue weighted by Crippen LogP contribution is -2.26. The van der Waals surface area contributed by atoms with Gasteiger partial charge in [-0.1, -0.05) is 13.8 Å². The molecule has 0 fully saturated rings. The normalized spacial score (nSPS) is 15.5. The van der Waals surface area contributed by atoms with E-state index < -0.39 is 11.6 Å². The second-order valence-corrected chi connectivity index (χ2v) is 7.66. The third kappa shape index (κ3) is 3.23. The zero-order valence-corrected chi connectivity index (χ0v) is 15.1. The molecule has 138 valence electrons. The molecule has 0 saturated carbocycles. The molecular weight excluding hydrogens is 348 g/mol. The molecule has 3 aromatic rings. The number of rotatable bonds is 3. The molecule has 0 unspecified atom stereocenters. The van der Waals surface area contributed by atoms with Gasteiger partial charge in [0.1, 0.15) is 0 Å².